The number of pyridine rings is 1. The monoisotopic (exact) mass is 318 g/mol. The molecule has 0 aliphatic heterocycles. The zero-order valence-corrected chi connectivity index (χ0v) is 13.4. The average molecular weight is 319 g/mol. The second kappa shape index (κ2) is 5.95. The normalized spacial score (nSPS) is 12.5. The summed E-state index contributed by atoms with van der Waals surface area (Å²) >= 11 is 7.58. The third-order valence-electron chi connectivity index (χ3n) is 3.33. The summed E-state index contributed by atoms with van der Waals surface area (Å²) in [6, 6.07) is 4.22. The summed E-state index contributed by atoms with van der Waals surface area (Å²) in [5.74, 6) is 0. The molecule has 0 aliphatic rings. The molecule has 0 unspecified atom stereocenters. The molecule has 21 heavy (non-hydrogen) atoms. The molecular weight excluding hydrogens is 304 g/mol. The second-order valence-corrected chi connectivity index (χ2v) is 6.33. The lowest BCUT2D eigenvalue weighted by Crippen LogP contribution is -2.08. The highest BCUT2D eigenvalue weighted by Gasteiger charge is 2.12. The number of aryl methyl sites for hydroxylation is 1. The molecule has 3 aromatic rings. The summed E-state index contributed by atoms with van der Waals surface area (Å²) in [5, 5.41) is 8.08. The van der Waals surface area contributed by atoms with E-state index >= 15 is 0 Å². The molecule has 4 nitrogen and oxygen atoms in total. The van der Waals surface area contributed by atoms with Gasteiger partial charge in [0, 0.05) is 35.5 Å². The molecule has 3 rings (SSSR count). The molecule has 0 N–H and O–H groups in total. The SMILES string of the molecule is Cc1ncccc1-c1csc(C[C@@H](C)n2cc(Cl)cn2)n1. The van der Waals surface area contributed by atoms with Crippen molar-refractivity contribution >= 4 is 22.9 Å². The van der Waals surface area contributed by atoms with Gasteiger partial charge in [-0.3, -0.25) is 9.67 Å². The molecule has 0 spiro atoms. The summed E-state index contributed by atoms with van der Waals surface area (Å²) in [6.45, 7) is 4.11. The van der Waals surface area contributed by atoms with Crippen LogP contribution in [0.3, 0.4) is 0 Å². The summed E-state index contributed by atoms with van der Waals surface area (Å²) in [6.07, 6.45) is 6.13. The van der Waals surface area contributed by atoms with Crippen molar-refractivity contribution in [1.82, 2.24) is 19.7 Å². The van der Waals surface area contributed by atoms with Crippen molar-refractivity contribution in [1.29, 1.82) is 0 Å². The van der Waals surface area contributed by atoms with E-state index in [4.69, 9.17) is 16.6 Å². The largest absolute Gasteiger partial charge is 0.268 e. The van der Waals surface area contributed by atoms with Crippen LogP contribution in [-0.4, -0.2) is 19.7 Å². The van der Waals surface area contributed by atoms with Gasteiger partial charge in [0.2, 0.25) is 0 Å². The van der Waals surface area contributed by atoms with Gasteiger partial charge in [0.05, 0.1) is 28.0 Å². The van der Waals surface area contributed by atoms with E-state index in [2.05, 4.69) is 28.5 Å². The van der Waals surface area contributed by atoms with Crippen molar-refractivity contribution in [2.24, 2.45) is 0 Å². The molecular formula is C15H15ClN4S. The molecule has 6 heteroatoms. The highest BCUT2D eigenvalue weighted by Crippen LogP contribution is 2.26. The topological polar surface area (TPSA) is 43.6 Å². The first kappa shape index (κ1) is 14.2. The van der Waals surface area contributed by atoms with Crippen LogP contribution in [0.4, 0.5) is 0 Å². The lowest BCUT2D eigenvalue weighted by molar-refractivity contribution is 0.488. The highest BCUT2D eigenvalue weighted by molar-refractivity contribution is 7.09. The summed E-state index contributed by atoms with van der Waals surface area (Å²) < 4.78 is 1.87. The molecule has 3 aromatic heterocycles. The van der Waals surface area contributed by atoms with E-state index in [1.165, 1.54) is 0 Å². The molecule has 0 amide bonds. The number of hydrogen-bond acceptors (Lipinski definition) is 4. The predicted octanol–water partition coefficient (Wildman–Crippen LogP) is 4.17. The van der Waals surface area contributed by atoms with Gasteiger partial charge >= 0.3 is 0 Å². The van der Waals surface area contributed by atoms with Crippen molar-refractivity contribution in [3.63, 3.8) is 0 Å². The van der Waals surface area contributed by atoms with Gasteiger partial charge in [-0.1, -0.05) is 11.6 Å². The lowest BCUT2D eigenvalue weighted by Gasteiger charge is -2.09. The molecule has 0 bridgehead atoms. The van der Waals surface area contributed by atoms with Gasteiger partial charge in [0.1, 0.15) is 0 Å². The lowest BCUT2D eigenvalue weighted by atomic mass is 10.1. The van der Waals surface area contributed by atoms with E-state index < -0.39 is 0 Å². The van der Waals surface area contributed by atoms with Crippen LogP contribution >= 0.6 is 22.9 Å². The van der Waals surface area contributed by atoms with E-state index in [9.17, 15) is 0 Å². The molecule has 0 radical (unpaired) electrons. The van der Waals surface area contributed by atoms with Crippen LogP contribution in [0.2, 0.25) is 5.02 Å². The van der Waals surface area contributed by atoms with Crippen molar-refractivity contribution < 1.29 is 0 Å². The van der Waals surface area contributed by atoms with Crippen LogP contribution < -0.4 is 0 Å². The summed E-state index contributed by atoms with van der Waals surface area (Å²) in [5.41, 5.74) is 3.09. The van der Waals surface area contributed by atoms with Gasteiger partial charge in [-0.05, 0) is 26.0 Å². The second-order valence-electron chi connectivity index (χ2n) is 4.95. The van der Waals surface area contributed by atoms with Crippen LogP contribution in [0.15, 0.2) is 36.1 Å². The Balaban J connectivity index is 1.78. The maximum atomic E-state index is 5.91. The number of aromatic nitrogens is 4. The molecule has 108 valence electrons. The van der Waals surface area contributed by atoms with Gasteiger partial charge in [0.25, 0.3) is 0 Å². The minimum absolute atomic E-state index is 0.228. The van der Waals surface area contributed by atoms with Gasteiger partial charge in [0.15, 0.2) is 0 Å². The minimum Gasteiger partial charge on any atom is -0.268 e. The number of rotatable bonds is 4. The number of hydrogen-bond donors (Lipinski definition) is 0. The Hall–Kier alpha value is -1.72. The standard InChI is InChI=1S/C15H15ClN4S/c1-10(20-8-12(16)7-18-20)6-15-19-14(9-21-15)13-4-3-5-17-11(13)2/h3-5,7-10H,6H2,1-2H3/t10-/m1/s1. The maximum absolute atomic E-state index is 5.91. The molecule has 0 aromatic carbocycles. The Morgan fingerprint density at radius 2 is 2.29 bits per heavy atom. The van der Waals surface area contributed by atoms with Gasteiger partial charge in [-0.2, -0.15) is 5.10 Å². The molecule has 0 fully saturated rings. The van der Waals surface area contributed by atoms with Crippen molar-refractivity contribution in [2.45, 2.75) is 26.3 Å². The van der Waals surface area contributed by atoms with Gasteiger partial charge in [-0.25, -0.2) is 4.98 Å². The van der Waals surface area contributed by atoms with E-state index in [-0.39, 0.29) is 6.04 Å². The Labute approximate surface area is 132 Å². The van der Waals surface area contributed by atoms with Crippen LogP contribution in [-0.2, 0) is 6.42 Å². The fourth-order valence-corrected chi connectivity index (χ4v) is 3.24. The van der Waals surface area contributed by atoms with Crippen LogP contribution in [0.5, 0.6) is 0 Å². The molecule has 0 aliphatic carbocycles. The van der Waals surface area contributed by atoms with Crippen molar-refractivity contribution in [3.8, 4) is 11.3 Å². The van der Waals surface area contributed by atoms with Crippen LogP contribution in [0.25, 0.3) is 11.3 Å². The summed E-state index contributed by atoms with van der Waals surface area (Å²) in [7, 11) is 0. The zero-order valence-electron chi connectivity index (χ0n) is 11.8. The molecule has 0 saturated carbocycles. The first-order valence-corrected chi connectivity index (χ1v) is 7.95. The zero-order chi connectivity index (χ0) is 14.8. The maximum Gasteiger partial charge on any atom is 0.0953 e. The smallest absolute Gasteiger partial charge is 0.0953 e. The predicted molar refractivity (Wildman–Crippen MR) is 85.7 cm³/mol. The first-order valence-electron chi connectivity index (χ1n) is 6.69. The average Bonchev–Trinajstić information content (AvgIpc) is 3.08. The van der Waals surface area contributed by atoms with E-state index in [0.29, 0.717) is 5.02 Å². The number of nitrogens with zero attached hydrogens (tertiary/aromatic N) is 4. The highest BCUT2D eigenvalue weighted by atomic mass is 35.5. The Morgan fingerprint density at radius 3 is 3.00 bits per heavy atom. The number of halogens is 1. The summed E-state index contributed by atoms with van der Waals surface area (Å²) in [4.78, 5) is 9.03. The number of thiazole rings is 1. The Kier molecular flexibility index (Phi) is 4.03. The first-order chi connectivity index (χ1) is 10.1. The van der Waals surface area contributed by atoms with Gasteiger partial charge < -0.3 is 0 Å². The quantitative estimate of drug-likeness (QED) is 0.725. The van der Waals surface area contributed by atoms with Gasteiger partial charge in [-0.15, -0.1) is 11.3 Å². The van der Waals surface area contributed by atoms with E-state index in [1.54, 1.807) is 23.7 Å². The van der Waals surface area contributed by atoms with E-state index in [1.807, 2.05) is 23.9 Å². The third-order valence-corrected chi connectivity index (χ3v) is 4.39. The molecule has 3 heterocycles. The molecule has 1 atom stereocenters. The Bertz CT molecular complexity index is 749. The van der Waals surface area contributed by atoms with E-state index in [0.717, 1.165) is 28.4 Å². The van der Waals surface area contributed by atoms with Crippen molar-refractivity contribution in [3.05, 3.63) is 51.8 Å². The van der Waals surface area contributed by atoms with Crippen molar-refractivity contribution in [2.75, 3.05) is 0 Å². The minimum atomic E-state index is 0.228. The van der Waals surface area contributed by atoms with Crippen LogP contribution in [0, 0.1) is 6.92 Å². The fraction of sp³-hybridized carbons (Fsp3) is 0.267. The van der Waals surface area contributed by atoms with Crippen LogP contribution in [0.1, 0.15) is 23.7 Å². The third kappa shape index (κ3) is 3.14. The Morgan fingerprint density at radius 1 is 1.43 bits per heavy atom. The molecule has 0 saturated heterocycles. The fourth-order valence-electron chi connectivity index (χ4n) is 2.19.